The molecule has 0 atom stereocenters. The molecule has 0 N–H and O–H groups in total. The Hall–Kier alpha value is -4.07. The monoisotopic (exact) mass is 443 g/mol. The predicted octanol–water partition coefficient (Wildman–Crippen LogP) is 3.51. The molecule has 1 saturated heterocycles. The minimum absolute atomic E-state index is 0.0362. The molecule has 0 spiro atoms. The van der Waals surface area contributed by atoms with Gasteiger partial charge in [-0.05, 0) is 24.3 Å². The number of hydrogen-bond acceptors (Lipinski definition) is 4. The summed E-state index contributed by atoms with van der Waals surface area (Å²) < 4.78 is 15.6. The van der Waals surface area contributed by atoms with Crippen LogP contribution in [0.1, 0.15) is 17.3 Å². The molecule has 1 aliphatic rings. The molecule has 2 aromatic carbocycles. The number of carbonyl (C=O) groups excluding carboxylic acids is 2. The molecule has 8 heteroatoms. The maximum atomic E-state index is 13.6. The quantitative estimate of drug-likeness (QED) is 0.486. The number of benzene rings is 2. The molecule has 2 aromatic heterocycles. The number of piperazine rings is 1. The summed E-state index contributed by atoms with van der Waals surface area (Å²) in [6.45, 7) is 3.72. The van der Waals surface area contributed by atoms with Crippen LogP contribution in [0.15, 0.2) is 67.1 Å². The number of aromatic nitrogens is 3. The van der Waals surface area contributed by atoms with Gasteiger partial charge in [0.25, 0.3) is 5.91 Å². The fourth-order valence-electron chi connectivity index (χ4n) is 4.08. The highest BCUT2D eigenvalue weighted by Gasteiger charge is 2.23. The zero-order valence-electron chi connectivity index (χ0n) is 18.1. The van der Waals surface area contributed by atoms with Gasteiger partial charge >= 0.3 is 0 Å². The van der Waals surface area contributed by atoms with Gasteiger partial charge in [0.15, 0.2) is 0 Å². The number of amides is 2. The van der Waals surface area contributed by atoms with Gasteiger partial charge in [0.1, 0.15) is 11.6 Å². The van der Waals surface area contributed by atoms with Gasteiger partial charge in [-0.15, -0.1) is 0 Å². The van der Waals surface area contributed by atoms with Crippen molar-refractivity contribution in [2.75, 3.05) is 26.2 Å². The third kappa shape index (κ3) is 4.07. The van der Waals surface area contributed by atoms with Crippen LogP contribution in [-0.2, 0) is 4.79 Å². The van der Waals surface area contributed by atoms with E-state index in [-0.39, 0.29) is 17.6 Å². The molecule has 3 heterocycles. The molecule has 0 unspecified atom stereocenters. The van der Waals surface area contributed by atoms with Crippen molar-refractivity contribution in [3.63, 3.8) is 0 Å². The van der Waals surface area contributed by atoms with Crippen LogP contribution < -0.4 is 0 Å². The lowest BCUT2D eigenvalue weighted by molar-refractivity contribution is -0.130. The Morgan fingerprint density at radius 1 is 0.879 bits per heavy atom. The van der Waals surface area contributed by atoms with E-state index in [0.717, 1.165) is 11.1 Å². The first-order valence-corrected chi connectivity index (χ1v) is 10.7. The van der Waals surface area contributed by atoms with Gasteiger partial charge in [-0.2, -0.15) is 0 Å². The van der Waals surface area contributed by atoms with E-state index < -0.39 is 0 Å². The van der Waals surface area contributed by atoms with Gasteiger partial charge in [-0.25, -0.2) is 9.37 Å². The number of imidazole rings is 1. The molecular weight excluding hydrogens is 421 g/mol. The summed E-state index contributed by atoms with van der Waals surface area (Å²) in [6, 6.07) is 13.6. The van der Waals surface area contributed by atoms with Crippen molar-refractivity contribution < 1.29 is 14.0 Å². The Bertz CT molecular complexity index is 1340. The van der Waals surface area contributed by atoms with Crippen molar-refractivity contribution in [1.29, 1.82) is 0 Å². The summed E-state index contributed by atoms with van der Waals surface area (Å²) in [4.78, 5) is 36.9. The molecule has 7 nitrogen and oxygen atoms in total. The van der Waals surface area contributed by atoms with Gasteiger partial charge in [0.2, 0.25) is 5.91 Å². The van der Waals surface area contributed by atoms with Crippen LogP contribution in [0.4, 0.5) is 4.39 Å². The highest BCUT2D eigenvalue weighted by molar-refractivity contribution is 5.94. The summed E-state index contributed by atoms with van der Waals surface area (Å²) in [5.41, 5.74) is 3.58. The minimum Gasteiger partial charge on any atom is -0.339 e. The van der Waals surface area contributed by atoms with Gasteiger partial charge in [-0.3, -0.25) is 19.0 Å². The number of rotatable bonds is 3. The number of hydrogen-bond donors (Lipinski definition) is 0. The van der Waals surface area contributed by atoms with Gasteiger partial charge < -0.3 is 9.80 Å². The molecule has 4 aromatic rings. The molecule has 33 heavy (non-hydrogen) atoms. The van der Waals surface area contributed by atoms with E-state index in [9.17, 15) is 14.0 Å². The van der Waals surface area contributed by atoms with E-state index in [1.54, 1.807) is 47.3 Å². The molecule has 0 aliphatic carbocycles. The topological polar surface area (TPSA) is 70.8 Å². The van der Waals surface area contributed by atoms with Gasteiger partial charge in [0, 0.05) is 56.0 Å². The van der Waals surface area contributed by atoms with Crippen LogP contribution in [0.25, 0.3) is 28.2 Å². The summed E-state index contributed by atoms with van der Waals surface area (Å²) in [6.07, 6.45) is 5.26. The highest BCUT2D eigenvalue weighted by Crippen LogP contribution is 2.24. The standard InChI is InChI=1S/C25H22FN5O2/c1-17(32)29-9-11-30(12-10-29)25(33)19-7-5-18(6-8-19)24-28-15-22-14-27-23(16-31(22)24)20-3-2-4-21(26)13-20/h2-8,13-16H,9-12H2,1H3. The molecule has 0 radical (unpaired) electrons. The van der Waals surface area contributed by atoms with Crippen LogP contribution >= 0.6 is 0 Å². The van der Waals surface area contributed by atoms with Crippen LogP contribution in [0.2, 0.25) is 0 Å². The lowest BCUT2D eigenvalue weighted by Crippen LogP contribution is -2.50. The maximum Gasteiger partial charge on any atom is 0.253 e. The second-order valence-corrected chi connectivity index (χ2v) is 8.04. The minimum atomic E-state index is -0.316. The fourth-order valence-corrected chi connectivity index (χ4v) is 4.08. The number of fused-ring (bicyclic) bond motifs is 1. The fraction of sp³-hybridized carbons (Fsp3) is 0.200. The van der Waals surface area contributed by atoms with Crippen molar-refractivity contribution in [2.45, 2.75) is 6.92 Å². The Labute approximate surface area is 190 Å². The Balaban J connectivity index is 1.39. The summed E-state index contributed by atoms with van der Waals surface area (Å²) in [7, 11) is 0. The third-order valence-corrected chi connectivity index (χ3v) is 5.94. The Morgan fingerprint density at radius 2 is 1.58 bits per heavy atom. The molecule has 0 bridgehead atoms. The second kappa shape index (κ2) is 8.46. The molecule has 1 fully saturated rings. The number of nitrogens with zero attached hydrogens (tertiary/aromatic N) is 5. The number of halogens is 1. The first kappa shape index (κ1) is 20.8. The predicted molar refractivity (Wildman–Crippen MR) is 122 cm³/mol. The maximum absolute atomic E-state index is 13.6. The highest BCUT2D eigenvalue weighted by atomic mass is 19.1. The average Bonchev–Trinajstić information content (AvgIpc) is 3.27. The van der Waals surface area contributed by atoms with E-state index >= 15 is 0 Å². The first-order chi connectivity index (χ1) is 16.0. The molecule has 2 amide bonds. The van der Waals surface area contributed by atoms with E-state index in [1.165, 1.54) is 12.1 Å². The lowest BCUT2D eigenvalue weighted by Gasteiger charge is -2.34. The van der Waals surface area contributed by atoms with Crippen molar-refractivity contribution in [3.05, 3.63) is 78.5 Å². The zero-order valence-corrected chi connectivity index (χ0v) is 18.1. The molecule has 0 saturated carbocycles. The number of carbonyl (C=O) groups is 2. The molecular formula is C25H22FN5O2. The smallest absolute Gasteiger partial charge is 0.253 e. The zero-order chi connectivity index (χ0) is 22.9. The summed E-state index contributed by atoms with van der Waals surface area (Å²) >= 11 is 0. The van der Waals surface area contributed by atoms with Crippen LogP contribution in [0.3, 0.4) is 0 Å². The largest absolute Gasteiger partial charge is 0.339 e. The second-order valence-electron chi connectivity index (χ2n) is 8.04. The third-order valence-electron chi connectivity index (χ3n) is 5.94. The van der Waals surface area contributed by atoms with E-state index in [2.05, 4.69) is 9.97 Å². The van der Waals surface area contributed by atoms with E-state index in [0.29, 0.717) is 48.8 Å². The normalized spacial score (nSPS) is 14.0. The lowest BCUT2D eigenvalue weighted by atomic mass is 10.1. The van der Waals surface area contributed by atoms with Crippen LogP contribution in [-0.4, -0.2) is 62.2 Å². The average molecular weight is 443 g/mol. The van der Waals surface area contributed by atoms with Gasteiger partial charge in [-0.1, -0.05) is 24.3 Å². The molecule has 166 valence electrons. The Kier molecular flexibility index (Phi) is 5.34. The van der Waals surface area contributed by atoms with Crippen molar-refractivity contribution in [2.24, 2.45) is 0 Å². The summed E-state index contributed by atoms with van der Waals surface area (Å²) in [5, 5.41) is 0. The summed E-state index contributed by atoms with van der Waals surface area (Å²) in [5.74, 6) is 0.381. The van der Waals surface area contributed by atoms with Crippen LogP contribution in [0, 0.1) is 5.82 Å². The first-order valence-electron chi connectivity index (χ1n) is 10.7. The molecule has 1 aliphatic heterocycles. The van der Waals surface area contributed by atoms with E-state index in [4.69, 9.17) is 0 Å². The van der Waals surface area contributed by atoms with Crippen molar-refractivity contribution in [3.8, 4) is 22.6 Å². The van der Waals surface area contributed by atoms with Gasteiger partial charge in [0.05, 0.1) is 23.6 Å². The van der Waals surface area contributed by atoms with E-state index in [1.807, 2.05) is 28.8 Å². The van der Waals surface area contributed by atoms with Crippen molar-refractivity contribution >= 4 is 17.3 Å². The molecule has 5 rings (SSSR count). The SMILES string of the molecule is CC(=O)N1CCN(C(=O)c2ccc(-c3ncc4cnc(-c5cccc(F)c5)cn34)cc2)CC1. The Morgan fingerprint density at radius 3 is 2.27 bits per heavy atom. The van der Waals surface area contributed by atoms with Crippen LogP contribution in [0.5, 0.6) is 0 Å². The van der Waals surface area contributed by atoms with Crippen molar-refractivity contribution in [1.82, 2.24) is 24.2 Å².